The molecule has 5 nitrogen and oxygen atoms in total. The summed E-state index contributed by atoms with van der Waals surface area (Å²) in [5.41, 5.74) is 3.22. The summed E-state index contributed by atoms with van der Waals surface area (Å²) in [6.45, 7) is 1.23. The maximum absolute atomic E-state index is 12.1. The third-order valence-electron chi connectivity index (χ3n) is 4.44. The molecule has 1 aliphatic carbocycles. The van der Waals surface area contributed by atoms with E-state index in [-0.39, 0.29) is 0 Å². The minimum Gasteiger partial charge on any atom is -0.503 e. The first-order valence-corrected chi connectivity index (χ1v) is 9.06. The number of esters is 1. The van der Waals surface area contributed by atoms with Crippen LogP contribution in [0.15, 0.2) is 54.8 Å². The minimum absolute atomic E-state index is 0.341. The first kappa shape index (κ1) is 19.0. The van der Waals surface area contributed by atoms with Crippen LogP contribution in [0.2, 0.25) is 0 Å². The molecule has 2 aromatic rings. The highest BCUT2D eigenvalue weighted by atomic mass is 16.5. The first-order chi connectivity index (χ1) is 13.2. The third-order valence-corrected chi connectivity index (χ3v) is 4.44. The van der Waals surface area contributed by atoms with Crippen molar-refractivity contribution in [2.24, 2.45) is 0 Å². The normalized spacial score (nSPS) is 13.9. The summed E-state index contributed by atoms with van der Waals surface area (Å²) >= 11 is 0. The summed E-state index contributed by atoms with van der Waals surface area (Å²) in [6, 6.07) is 16.3. The fraction of sp³-hybridized carbons (Fsp3) is 0.318. The highest BCUT2D eigenvalue weighted by Gasteiger charge is 2.20. The average Bonchev–Trinajstić information content (AvgIpc) is 3.54. The fourth-order valence-corrected chi connectivity index (χ4v) is 2.77. The monoisotopic (exact) mass is 367 g/mol. The van der Waals surface area contributed by atoms with E-state index >= 15 is 0 Å². The predicted octanol–water partition coefficient (Wildman–Crippen LogP) is 3.68. The Hall–Kier alpha value is -2.79. The van der Waals surface area contributed by atoms with Crippen molar-refractivity contribution < 1.29 is 19.0 Å². The van der Waals surface area contributed by atoms with E-state index in [2.05, 4.69) is 17.4 Å². The van der Waals surface area contributed by atoms with Crippen LogP contribution in [0.25, 0.3) is 5.57 Å². The minimum atomic E-state index is -0.447. The van der Waals surface area contributed by atoms with Crippen molar-refractivity contribution >= 4 is 11.5 Å². The average molecular weight is 367 g/mol. The Kier molecular flexibility index (Phi) is 6.49. The fourth-order valence-electron chi connectivity index (χ4n) is 2.77. The lowest BCUT2D eigenvalue weighted by Gasteiger charge is -2.13. The van der Waals surface area contributed by atoms with E-state index < -0.39 is 5.97 Å². The summed E-state index contributed by atoms with van der Waals surface area (Å²) < 4.78 is 15.8. The van der Waals surface area contributed by atoms with Gasteiger partial charge in [0.1, 0.15) is 17.9 Å². The maximum Gasteiger partial charge on any atom is 0.341 e. The number of carbonyl (C=O) groups is 1. The quantitative estimate of drug-likeness (QED) is 0.416. The van der Waals surface area contributed by atoms with Gasteiger partial charge in [-0.1, -0.05) is 36.4 Å². The van der Waals surface area contributed by atoms with E-state index in [1.807, 2.05) is 36.4 Å². The second kappa shape index (κ2) is 9.24. The number of ether oxygens (including phenoxy) is 3. The van der Waals surface area contributed by atoms with Gasteiger partial charge in [-0.3, -0.25) is 0 Å². The Morgan fingerprint density at radius 3 is 2.52 bits per heavy atom. The lowest BCUT2D eigenvalue weighted by Crippen LogP contribution is -2.15. The number of nitrogens with one attached hydrogen (secondary N) is 1. The zero-order valence-corrected chi connectivity index (χ0v) is 15.7. The van der Waals surface area contributed by atoms with Gasteiger partial charge in [-0.15, -0.1) is 0 Å². The van der Waals surface area contributed by atoms with Crippen molar-refractivity contribution in [1.82, 2.24) is 5.32 Å². The molecule has 27 heavy (non-hydrogen) atoms. The molecule has 5 heteroatoms. The molecule has 0 bridgehead atoms. The molecule has 3 rings (SSSR count). The molecule has 1 fully saturated rings. The molecular weight excluding hydrogens is 342 g/mol. The Bertz CT molecular complexity index is 794. The van der Waals surface area contributed by atoms with Gasteiger partial charge in [0.25, 0.3) is 0 Å². The van der Waals surface area contributed by atoms with Gasteiger partial charge in [0, 0.05) is 12.6 Å². The first-order valence-electron chi connectivity index (χ1n) is 9.06. The molecule has 0 heterocycles. The number of rotatable bonds is 9. The van der Waals surface area contributed by atoms with Gasteiger partial charge in [0.15, 0.2) is 0 Å². The van der Waals surface area contributed by atoms with Gasteiger partial charge < -0.3 is 19.5 Å². The lowest BCUT2D eigenvalue weighted by atomic mass is 10.0. The summed E-state index contributed by atoms with van der Waals surface area (Å²) in [4.78, 5) is 12.1. The number of hydrogen-bond donors (Lipinski definition) is 1. The van der Waals surface area contributed by atoms with E-state index in [1.165, 1.54) is 38.9 Å². The SMILES string of the molecule is CO/C=C(/C(=O)OC)c1ccccc1COc1ccc(CNC2CC2)cc1. The van der Waals surface area contributed by atoms with Crippen LogP contribution in [0.4, 0.5) is 0 Å². The van der Waals surface area contributed by atoms with Crippen LogP contribution < -0.4 is 10.1 Å². The Labute approximate surface area is 159 Å². The molecule has 0 atom stereocenters. The smallest absolute Gasteiger partial charge is 0.341 e. The second-order valence-electron chi connectivity index (χ2n) is 6.50. The van der Waals surface area contributed by atoms with Crippen molar-refractivity contribution in [3.05, 3.63) is 71.5 Å². The third kappa shape index (κ3) is 5.34. The van der Waals surface area contributed by atoms with Crippen molar-refractivity contribution in [2.45, 2.75) is 32.0 Å². The predicted molar refractivity (Wildman–Crippen MR) is 104 cm³/mol. The Balaban J connectivity index is 1.67. The molecule has 1 saturated carbocycles. The molecule has 0 spiro atoms. The van der Waals surface area contributed by atoms with Crippen LogP contribution in [-0.2, 0) is 27.4 Å². The maximum atomic E-state index is 12.1. The summed E-state index contributed by atoms with van der Waals surface area (Å²) in [7, 11) is 2.85. The van der Waals surface area contributed by atoms with E-state index in [1.54, 1.807) is 0 Å². The van der Waals surface area contributed by atoms with Gasteiger partial charge in [0.2, 0.25) is 0 Å². The molecule has 1 aliphatic rings. The summed E-state index contributed by atoms with van der Waals surface area (Å²) in [5, 5.41) is 3.50. The summed E-state index contributed by atoms with van der Waals surface area (Å²) in [5.74, 6) is 0.340. The topological polar surface area (TPSA) is 56.8 Å². The van der Waals surface area contributed by atoms with E-state index in [0.29, 0.717) is 18.2 Å². The Morgan fingerprint density at radius 1 is 1.11 bits per heavy atom. The number of hydrogen-bond acceptors (Lipinski definition) is 5. The van der Waals surface area contributed by atoms with Crippen molar-refractivity contribution in [1.29, 1.82) is 0 Å². The molecule has 142 valence electrons. The molecular formula is C22H25NO4. The van der Waals surface area contributed by atoms with Crippen molar-refractivity contribution in [2.75, 3.05) is 14.2 Å². The standard InChI is InChI=1S/C22H25NO4/c1-25-15-21(22(24)26-2)20-6-4-3-5-17(20)14-27-19-11-7-16(8-12-19)13-23-18-9-10-18/h3-8,11-12,15,18,23H,9-10,13-14H2,1-2H3/b21-15+. The number of benzene rings is 2. The molecule has 2 aromatic carbocycles. The van der Waals surface area contributed by atoms with Gasteiger partial charge >= 0.3 is 5.97 Å². The molecule has 0 aromatic heterocycles. The van der Waals surface area contributed by atoms with E-state index in [9.17, 15) is 4.79 Å². The lowest BCUT2D eigenvalue weighted by molar-refractivity contribution is -0.133. The molecule has 0 amide bonds. The van der Waals surface area contributed by atoms with Gasteiger partial charge in [0.05, 0.1) is 20.5 Å². The molecule has 0 radical (unpaired) electrons. The highest BCUT2D eigenvalue weighted by Crippen LogP contribution is 2.23. The van der Waals surface area contributed by atoms with Crippen LogP contribution in [0.5, 0.6) is 5.75 Å². The second-order valence-corrected chi connectivity index (χ2v) is 6.50. The van der Waals surface area contributed by atoms with Crippen molar-refractivity contribution in [3.63, 3.8) is 0 Å². The van der Waals surface area contributed by atoms with Crippen LogP contribution in [-0.4, -0.2) is 26.2 Å². The Morgan fingerprint density at radius 2 is 1.85 bits per heavy atom. The van der Waals surface area contributed by atoms with Crippen LogP contribution in [0, 0.1) is 0 Å². The zero-order chi connectivity index (χ0) is 19.1. The molecule has 0 saturated heterocycles. The molecule has 1 N–H and O–H groups in total. The van der Waals surface area contributed by atoms with Crippen LogP contribution in [0.1, 0.15) is 29.5 Å². The number of carbonyl (C=O) groups excluding carboxylic acids is 1. The van der Waals surface area contributed by atoms with Gasteiger partial charge in [-0.05, 0) is 41.7 Å². The van der Waals surface area contributed by atoms with Crippen LogP contribution >= 0.6 is 0 Å². The van der Waals surface area contributed by atoms with Gasteiger partial charge in [-0.25, -0.2) is 4.79 Å². The highest BCUT2D eigenvalue weighted by molar-refractivity contribution is 6.16. The summed E-state index contributed by atoms with van der Waals surface area (Å²) in [6.07, 6.45) is 3.96. The van der Waals surface area contributed by atoms with Crippen molar-refractivity contribution in [3.8, 4) is 5.75 Å². The zero-order valence-electron chi connectivity index (χ0n) is 15.7. The molecule has 0 aliphatic heterocycles. The van der Waals surface area contributed by atoms with E-state index in [0.717, 1.165) is 23.4 Å². The largest absolute Gasteiger partial charge is 0.503 e. The number of methoxy groups -OCH3 is 2. The van der Waals surface area contributed by atoms with E-state index in [4.69, 9.17) is 14.2 Å². The molecule has 0 unspecified atom stereocenters. The van der Waals surface area contributed by atoms with Crippen LogP contribution in [0.3, 0.4) is 0 Å². The van der Waals surface area contributed by atoms with Gasteiger partial charge in [-0.2, -0.15) is 0 Å².